The average molecular weight is 255 g/mol. The maximum Gasteiger partial charge on any atom is 0.261 e. The minimum absolute atomic E-state index is 0.232. The number of carbonyl (C=O) groups is 2. The van der Waals surface area contributed by atoms with Crippen molar-refractivity contribution in [3.63, 3.8) is 0 Å². The van der Waals surface area contributed by atoms with E-state index in [4.69, 9.17) is 0 Å². The molecular formula is C14H13N3O2. The molecule has 96 valence electrons. The first-order chi connectivity index (χ1) is 9.08. The summed E-state index contributed by atoms with van der Waals surface area (Å²) in [5.41, 5.74) is 3.67. The Bertz CT molecular complexity index is 688. The number of carbonyl (C=O) groups excluding carboxylic acids is 2. The van der Waals surface area contributed by atoms with Crippen LogP contribution < -0.4 is 0 Å². The maximum atomic E-state index is 12.3. The van der Waals surface area contributed by atoms with Gasteiger partial charge in [-0.25, -0.2) is 0 Å². The molecular weight excluding hydrogens is 242 g/mol. The van der Waals surface area contributed by atoms with Crippen molar-refractivity contribution in [1.29, 1.82) is 0 Å². The van der Waals surface area contributed by atoms with Gasteiger partial charge in [-0.05, 0) is 26.0 Å². The summed E-state index contributed by atoms with van der Waals surface area (Å²) in [5, 5.41) is 6.71. The molecule has 0 spiro atoms. The second-order valence-electron chi connectivity index (χ2n) is 4.77. The largest absolute Gasteiger partial charge is 0.283 e. The predicted octanol–water partition coefficient (Wildman–Crippen LogP) is 1.82. The van der Waals surface area contributed by atoms with Crippen LogP contribution in [0, 0.1) is 13.8 Å². The van der Waals surface area contributed by atoms with Crippen LogP contribution in [-0.2, 0) is 6.54 Å². The fourth-order valence-corrected chi connectivity index (χ4v) is 2.25. The van der Waals surface area contributed by atoms with E-state index in [1.165, 1.54) is 4.90 Å². The van der Waals surface area contributed by atoms with Crippen LogP contribution in [0.2, 0.25) is 0 Å². The number of amides is 2. The Kier molecular flexibility index (Phi) is 2.48. The van der Waals surface area contributed by atoms with Gasteiger partial charge in [0.05, 0.1) is 23.9 Å². The Morgan fingerprint density at radius 1 is 1.16 bits per heavy atom. The number of H-pyrrole nitrogens is 1. The summed E-state index contributed by atoms with van der Waals surface area (Å²) in [5.74, 6) is -0.468. The molecule has 1 aliphatic rings. The fourth-order valence-electron chi connectivity index (χ4n) is 2.25. The summed E-state index contributed by atoms with van der Waals surface area (Å²) in [6.45, 7) is 4.03. The molecule has 0 unspecified atom stereocenters. The second kappa shape index (κ2) is 4.05. The highest BCUT2D eigenvalue weighted by Crippen LogP contribution is 2.25. The van der Waals surface area contributed by atoms with Gasteiger partial charge in [0.25, 0.3) is 11.8 Å². The Labute approximate surface area is 110 Å². The lowest BCUT2D eigenvalue weighted by Crippen LogP contribution is -2.29. The zero-order valence-corrected chi connectivity index (χ0v) is 10.7. The van der Waals surface area contributed by atoms with Gasteiger partial charge >= 0.3 is 0 Å². The molecule has 19 heavy (non-hydrogen) atoms. The van der Waals surface area contributed by atoms with Crippen LogP contribution >= 0.6 is 0 Å². The Balaban J connectivity index is 1.97. The number of aryl methyl sites for hydroxylation is 2. The van der Waals surface area contributed by atoms with Crippen molar-refractivity contribution in [3.05, 3.63) is 52.3 Å². The molecule has 0 atom stereocenters. The molecule has 1 aromatic heterocycles. The van der Waals surface area contributed by atoms with Crippen molar-refractivity contribution < 1.29 is 9.59 Å². The van der Waals surface area contributed by atoms with Crippen molar-refractivity contribution in [2.75, 3.05) is 0 Å². The first kappa shape index (κ1) is 11.6. The van der Waals surface area contributed by atoms with Crippen LogP contribution in [0.5, 0.6) is 0 Å². The summed E-state index contributed by atoms with van der Waals surface area (Å²) in [6, 6.07) is 5.32. The van der Waals surface area contributed by atoms with Crippen LogP contribution in [0.3, 0.4) is 0 Å². The molecule has 5 nitrogen and oxygen atoms in total. The van der Waals surface area contributed by atoms with Gasteiger partial charge in [-0.1, -0.05) is 11.6 Å². The molecule has 1 aromatic carbocycles. The monoisotopic (exact) mass is 255 g/mol. The highest BCUT2D eigenvalue weighted by atomic mass is 16.2. The molecule has 0 radical (unpaired) electrons. The van der Waals surface area contributed by atoms with Gasteiger partial charge in [-0.3, -0.25) is 19.6 Å². The van der Waals surface area contributed by atoms with Crippen LogP contribution in [0.25, 0.3) is 0 Å². The highest BCUT2D eigenvalue weighted by molar-refractivity contribution is 6.21. The Hall–Kier alpha value is -2.43. The normalized spacial score (nSPS) is 14.1. The van der Waals surface area contributed by atoms with Crippen molar-refractivity contribution in [2.24, 2.45) is 0 Å². The van der Waals surface area contributed by atoms with Gasteiger partial charge in [-0.2, -0.15) is 5.10 Å². The molecule has 2 heterocycles. The predicted molar refractivity (Wildman–Crippen MR) is 68.7 cm³/mol. The van der Waals surface area contributed by atoms with Crippen LogP contribution in [-0.4, -0.2) is 26.9 Å². The van der Waals surface area contributed by atoms with Crippen LogP contribution in [0.1, 0.15) is 37.5 Å². The highest BCUT2D eigenvalue weighted by Gasteiger charge is 2.35. The van der Waals surface area contributed by atoms with E-state index in [1.54, 1.807) is 18.3 Å². The Morgan fingerprint density at radius 3 is 2.58 bits per heavy atom. The van der Waals surface area contributed by atoms with Gasteiger partial charge in [0, 0.05) is 11.3 Å². The van der Waals surface area contributed by atoms with Crippen molar-refractivity contribution in [3.8, 4) is 0 Å². The van der Waals surface area contributed by atoms with E-state index in [2.05, 4.69) is 10.2 Å². The van der Waals surface area contributed by atoms with E-state index < -0.39 is 0 Å². The topological polar surface area (TPSA) is 66.1 Å². The van der Waals surface area contributed by atoms with Crippen LogP contribution in [0.4, 0.5) is 0 Å². The van der Waals surface area contributed by atoms with E-state index in [0.29, 0.717) is 11.1 Å². The molecule has 3 rings (SSSR count). The smallest absolute Gasteiger partial charge is 0.261 e. The number of aromatic nitrogens is 2. The lowest BCUT2D eigenvalue weighted by atomic mass is 10.1. The minimum atomic E-state index is -0.236. The summed E-state index contributed by atoms with van der Waals surface area (Å²) >= 11 is 0. The number of hydrogen-bond acceptors (Lipinski definition) is 3. The molecule has 2 aromatic rings. The van der Waals surface area contributed by atoms with E-state index in [-0.39, 0.29) is 18.4 Å². The second-order valence-corrected chi connectivity index (χ2v) is 4.77. The molecule has 0 saturated heterocycles. The minimum Gasteiger partial charge on any atom is -0.283 e. The fraction of sp³-hybridized carbons (Fsp3) is 0.214. The van der Waals surface area contributed by atoms with Crippen molar-refractivity contribution in [1.82, 2.24) is 15.1 Å². The third kappa shape index (κ3) is 1.74. The van der Waals surface area contributed by atoms with E-state index in [9.17, 15) is 9.59 Å². The zero-order valence-electron chi connectivity index (χ0n) is 10.7. The van der Waals surface area contributed by atoms with Gasteiger partial charge in [0.2, 0.25) is 0 Å². The van der Waals surface area contributed by atoms with Crippen molar-refractivity contribution >= 4 is 11.8 Å². The molecule has 1 N–H and O–H groups in total. The zero-order chi connectivity index (χ0) is 13.6. The number of rotatable bonds is 2. The number of imide groups is 1. The third-order valence-corrected chi connectivity index (χ3v) is 3.39. The van der Waals surface area contributed by atoms with Gasteiger partial charge in [-0.15, -0.1) is 0 Å². The van der Waals surface area contributed by atoms with E-state index in [1.807, 2.05) is 19.9 Å². The molecule has 0 saturated carbocycles. The van der Waals surface area contributed by atoms with Gasteiger partial charge < -0.3 is 0 Å². The first-order valence-corrected chi connectivity index (χ1v) is 6.03. The number of aromatic amines is 1. The number of fused-ring (bicyclic) bond motifs is 1. The number of hydrogen-bond donors (Lipinski definition) is 1. The molecule has 0 bridgehead atoms. The van der Waals surface area contributed by atoms with Crippen LogP contribution in [0.15, 0.2) is 24.4 Å². The Morgan fingerprint density at radius 2 is 1.89 bits per heavy atom. The number of nitrogens with one attached hydrogen (secondary N) is 1. The number of benzene rings is 1. The summed E-state index contributed by atoms with van der Waals surface area (Å²) in [7, 11) is 0. The molecule has 1 aliphatic heterocycles. The van der Waals surface area contributed by atoms with E-state index in [0.717, 1.165) is 16.8 Å². The lowest BCUT2D eigenvalue weighted by Gasteiger charge is -2.12. The molecule has 5 heteroatoms. The lowest BCUT2D eigenvalue weighted by molar-refractivity contribution is 0.0642. The summed E-state index contributed by atoms with van der Waals surface area (Å²) < 4.78 is 0. The first-order valence-electron chi connectivity index (χ1n) is 6.03. The molecule has 0 fully saturated rings. The molecule has 0 aliphatic carbocycles. The van der Waals surface area contributed by atoms with Crippen molar-refractivity contribution in [2.45, 2.75) is 20.4 Å². The third-order valence-electron chi connectivity index (χ3n) is 3.39. The van der Waals surface area contributed by atoms with E-state index >= 15 is 0 Å². The standard InChI is InChI=1S/C14H13N3O2/c1-8-3-4-11-12(5-8)14(19)17(13(11)18)7-10-6-15-16-9(10)2/h3-6H,7H2,1-2H3,(H,15,16). The average Bonchev–Trinajstić information content (AvgIpc) is 2.88. The number of nitrogens with zero attached hydrogens (tertiary/aromatic N) is 2. The summed E-state index contributed by atoms with van der Waals surface area (Å²) in [4.78, 5) is 25.8. The quantitative estimate of drug-likeness (QED) is 0.832. The SMILES string of the molecule is Cc1ccc2c(c1)C(=O)N(Cc1cn[nH]c1C)C2=O. The van der Waals surface area contributed by atoms with Gasteiger partial charge in [0.1, 0.15) is 0 Å². The van der Waals surface area contributed by atoms with Gasteiger partial charge in [0.15, 0.2) is 0 Å². The maximum absolute atomic E-state index is 12.3. The molecule has 2 amide bonds. The summed E-state index contributed by atoms with van der Waals surface area (Å²) in [6.07, 6.45) is 1.64.